The summed E-state index contributed by atoms with van der Waals surface area (Å²) in [6.45, 7) is 1.84. The molecule has 186 valence electrons. The molecule has 0 aliphatic heterocycles. The molecule has 1 fully saturated rings. The second kappa shape index (κ2) is 12.2. The summed E-state index contributed by atoms with van der Waals surface area (Å²) in [5.41, 5.74) is 1.94. The molecule has 0 bridgehead atoms. The standard InChI is InChI=1S/C26H30ClF2N5O/c1-35-10-9-30-20-5-7-21(8-6-20)33-26-14-22(23(27)16-32-26)24-3-2-4-25(34-24)31-15-17-11-18(28)13-19(29)12-17/h2-4,11-14,16,20-21,30H,5-10,15H2,1H3,(H,31,34)(H,32,33)/t20-,21-. The topological polar surface area (TPSA) is 71.1 Å². The first-order chi connectivity index (χ1) is 17.0. The van der Waals surface area contributed by atoms with Crippen molar-refractivity contribution in [2.75, 3.05) is 30.9 Å². The molecule has 0 unspecified atom stereocenters. The van der Waals surface area contributed by atoms with Crippen LogP contribution in [0.25, 0.3) is 11.3 Å². The molecule has 1 aliphatic carbocycles. The summed E-state index contributed by atoms with van der Waals surface area (Å²) in [6, 6.07) is 11.8. The van der Waals surface area contributed by atoms with Crippen LogP contribution in [-0.2, 0) is 11.3 Å². The molecule has 0 radical (unpaired) electrons. The van der Waals surface area contributed by atoms with Gasteiger partial charge in [0.15, 0.2) is 0 Å². The smallest absolute Gasteiger partial charge is 0.126 e. The molecule has 3 aromatic rings. The van der Waals surface area contributed by atoms with Gasteiger partial charge in [-0.1, -0.05) is 17.7 Å². The van der Waals surface area contributed by atoms with Crippen molar-refractivity contribution in [3.8, 4) is 11.3 Å². The fourth-order valence-electron chi connectivity index (χ4n) is 4.32. The Morgan fingerprint density at radius 3 is 2.49 bits per heavy atom. The SMILES string of the molecule is COCCN[C@H]1CC[C@H](Nc2cc(-c3cccc(NCc4cc(F)cc(F)c4)n3)c(Cl)cn2)CC1. The third-order valence-corrected chi connectivity index (χ3v) is 6.40. The molecule has 35 heavy (non-hydrogen) atoms. The molecule has 6 nitrogen and oxygen atoms in total. The lowest BCUT2D eigenvalue weighted by molar-refractivity contribution is 0.191. The Morgan fingerprint density at radius 2 is 1.74 bits per heavy atom. The van der Waals surface area contributed by atoms with Crippen molar-refractivity contribution in [1.82, 2.24) is 15.3 Å². The van der Waals surface area contributed by atoms with Gasteiger partial charge in [0.25, 0.3) is 0 Å². The lowest BCUT2D eigenvalue weighted by Crippen LogP contribution is -2.38. The average Bonchev–Trinajstić information content (AvgIpc) is 2.85. The van der Waals surface area contributed by atoms with Crippen molar-refractivity contribution in [2.45, 2.75) is 44.3 Å². The van der Waals surface area contributed by atoms with Crippen LogP contribution >= 0.6 is 11.6 Å². The van der Waals surface area contributed by atoms with E-state index in [0.717, 1.165) is 56.3 Å². The first-order valence-corrected chi connectivity index (χ1v) is 12.2. The monoisotopic (exact) mass is 501 g/mol. The molecule has 4 rings (SSSR count). The molecular weight excluding hydrogens is 472 g/mol. The third-order valence-electron chi connectivity index (χ3n) is 6.09. The second-order valence-electron chi connectivity index (χ2n) is 8.73. The van der Waals surface area contributed by atoms with E-state index in [2.05, 4.69) is 25.9 Å². The predicted octanol–water partition coefficient (Wildman–Crippen LogP) is 5.65. The quantitative estimate of drug-likeness (QED) is 0.312. The first-order valence-electron chi connectivity index (χ1n) is 11.8. The van der Waals surface area contributed by atoms with E-state index in [1.165, 1.54) is 12.1 Å². The second-order valence-corrected chi connectivity index (χ2v) is 9.14. The fraction of sp³-hybridized carbons (Fsp3) is 0.385. The predicted molar refractivity (Wildman–Crippen MR) is 136 cm³/mol. The third kappa shape index (κ3) is 7.34. The highest BCUT2D eigenvalue weighted by atomic mass is 35.5. The molecule has 1 saturated carbocycles. The molecule has 1 aliphatic rings. The number of nitrogens with zero attached hydrogens (tertiary/aromatic N) is 2. The number of anilines is 2. The van der Waals surface area contributed by atoms with Crippen molar-refractivity contribution < 1.29 is 13.5 Å². The molecule has 0 saturated heterocycles. The highest BCUT2D eigenvalue weighted by Gasteiger charge is 2.21. The number of halogens is 3. The minimum absolute atomic E-state index is 0.241. The van der Waals surface area contributed by atoms with Crippen LogP contribution in [0.2, 0.25) is 5.02 Å². The average molecular weight is 502 g/mol. The number of rotatable bonds is 10. The summed E-state index contributed by atoms with van der Waals surface area (Å²) in [4.78, 5) is 9.10. The van der Waals surface area contributed by atoms with Crippen LogP contribution in [0.4, 0.5) is 20.4 Å². The molecule has 2 heterocycles. The number of benzene rings is 1. The lowest BCUT2D eigenvalue weighted by Gasteiger charge is -2.30. The van der Waals surface area contributed by atoms with Crippen LogP contribution in [0.5, 0.6) is 0 Å². The van der Waals surface area contributed by atoms with E-state index < -0.39 is 11.6 Å². The molecule has 2 aromatic heterocycles. The van der Waals surface area contributed by atoms with Crippen LogP contribution in [0, 0.1) is 11.6 Å². The number of nitrogens with one attached hydrogen (secondary N) is 3. The zero-order chi connectivity index (χ0) is 24.6. The van der Waals surface area contributed by atoms with Crippen molar-refractivity contribution in [3.63, 3.8) is 0 Å². The summed E-state index contributed by atoms with van der Waals surface area (Å²) in [5, 5.41) is 10.7. The number of aromatic nitrogens is 2. The van der Waals surface area contributed by atoms with Gasteiger partial charge >= 0.3 is 0 Å². The molecule has 0 spiro atoms. The van der Waals surface area contributed by atoms with Crippen molar-refractivity contribution in [2.24, 2.45) is 0 Å². The molecule has 0 atom stereocenters. The Bertz CT molecular complexity index is 1100. The van der Waals surface area contributed by atoms with Gasteiger partial charge in [0, 0.05) is 50.1 Å². The summed E-state index contributed by atoms with van der Waals surface area (Å²) in [5.74, 6) is 0.121. The van der Waals surface area contributed by atoms with Gasteiger partial charge in [0.1, 0.15) is 23.3 Å². The summed E-state index contributed by atoms with van der Waals surface area (Å²) in [7, 11) is 1.72. The molecule has 0 amide bonds. The van der Waals surface area contributed by atoms with Crippen molar-refractivity contribution >= 4 is 23.2 Å². The van der Waals surface area contributed by atoms with Gasteiger partial charge in [-0.2, -0.15) is 0 Å². The maximum absolute atomic E-state index is 13.5. The zero-order valence-corrected chi connectivity index (χ0v) is 20.4. The van der Waals surface area contributed by atoms with E-state index in [4.69, 9.17) is 16.3 Å². The summed E-state index contributed by atoms with van der Waals surface area (Å²) < 4.78 is 32.0. The Labute approximate surface area is 209 Å². The number of hydrogen-bond donors (Lipinski definition) is 3. The van der Waals surface area contributed by atoms with Crippen LogP contribution in [0.3, 0.4) is 0 Å². The highest BCUT2D eigenvalue weighted by molar-refractivity contribution is 6.33. The number of methoxy groups -OCH3 is 1. The Balaban J connectivity index is 1.39. The summed E-state index contributed by atoms with van der Waals surface area (Å²) in [6.07, 6.45) is 5.96. The van der Waals surface area contributed by atoms with Gasteiger partial charge in [-0.25, -0.2) is 18.7 Å². The number of hydrogen-bond acceptors (Lipinski definition) is 6. The van der Waals surface area contributed by atoms with Gasteiger partial charge in [-0.05, 0) is 61.6 Å². The van der Waals surface area contributed by atoms with Gasteiger partial charge in [0.2, 0.25) is 0 Å². The molecule has 9 heteroatoms. The van der Waals surface area contributed by atoms with Crippen LogP contribution < -0.4 is 16.0 Å². The van der Waals surface area contributed by atoms with Crippen LogP contribution in [0.15, 0.2) is 48.7 Å². The van der Waals surface area contributed by atoms with Gasteiger partial charge in [0.05, 0.1) is 17.3 Å². The van der Waals surface area contributed by atoms with E-state index in [-0.39, 0.29) is 6.54 Å². The number of ether oxygens (including phenoxy) is 1. The largest absolute Gasteiger partial charge is 0.383 e. The number of pyridine rings is 2. The van der Waals surface area contributed by atoms with E-state index in [1.54, 1.807) is 19.4 Å². The van der Waals surface area contributed by atoms with Gasteiger partial charge < -0.3 is 20.7 Å². The maximum Gasteiger partial charge on any atom is 0.126 e. The van der Waals surface area contributed by atoms with E-state index in [1.807, 2.05) is 18.2 Å². The Morgan fingerprint density at radius 1 is 1.00 bits per heavy atom. The highest BCUT2D eigenvalue weighted by Crippen LogP contribution is 2.30. The molecular formula is C26H30ClF2N5O. The normalized spacial score (nSPS) is 17.8. The van der Waals surface area contributed by atoms with E-state index in [0.29, 0.717) is 34.2 Å². The van der Waals surface area contributed by atoms with Crippen molar-refractivity contribution in [1.29, 1.82) is 0 Å². The van der Waals surface area contributed by atoms with E-state index >= 15 is 0 Å². The molecule has 3 N–H and O–H groups in total. The van der Waals surface area contributed by atoms with Gasteiger partial charge in [-0.15, -0.1) is 0 Å². The Kier molecular flexibility index (Phi) is 8.84. The van der Waals surface area contributed by atoms with Crippen LogP contribution in [0.1, 0.15) is 31.2 Å². The maximum atomic E-state index is 13.5. The molecule has 1 aromatic carbocycles. The zero-order valence-electron chi connectivity index (χ0n) is 19.7. The summed E-state index contributed by atoms with van der Waals surface area (Å²) >= 11 is 6.46. The van der Waals surface area contributed by atoms with Crippen LogP contribution in [-0.4, -0.2) is 42.3 Å². The van der Waals surface area contributed by atoms with Gasteiger partial charge in [-0.3, -0.25) is 0 Å². The van der Waals surface area contributed by atoms with E-state index in [9.17, 15) is 8.78 Å². The first kappa shape index (κ1) is 25.3. The van der Waals surface area contributed by atoms with Crippen molar-refractivity contribution in [3.05, 3.63) is 70.9 Å². The minimum atomic E-state index is -0.608. The Hall–Kier alpha value is -2.81. The fourth-order valence-corrected chi connectivity index (χ4v) is 4.52. The minimum Gasteiger partial charge on any atom is -0.383 e. The lowest BCUT2D eigenvalue weighted by atomic mass is 9.91.